The molecular formula is C28H30N4O4S. The number of piperazine rings is 1. The summed E-state index contributed by atoms with van der Waals surface area (Å²) in [7, 11) is 3.23. The average molecular weight is 519 g/mol. The smallest absolute Gasteiger partial charge is 0.322 e. The maximum atomic E-state index is 13.7. The number of thiophene rings is 1. The van der Waals surface area contributed by atoms with Crippen LogP contribution in [0.3, 0.4) is 0 Å². The van der Waals surface area contributed by atoms with Crippen LogP contribution in [0.15, 0.2) is 66.0 Å². The summed E-state index contributed by atoms with van der Waals surface area (Å²) in [5.41, 5.74) is 2.34. The molecule has 0 bridgehead atoms. The highest BCUT2D eigenvalue weighted by Crippen LogP contribution is 2.29. The number of urea groups is 1. The summed E-state index contributed by atoms with van der Waals surface area (Å²) >= 11 is 1.63. The number of anilines is 1. The number of rotatable bonds is 6. The highest BCUT2D eigenvalue weighted by molar-refractivity contribution is 7.16. The van der Waals surface area contributed by atoms with E-state index in [9.17, 15) is 9.59 Å². The first-order chi connectivity index (χ1) is 18.0. The van der Waals surface area contributed by atoms with E-state index in [1.807, 2.05) is 71.8 Å². The molecule has 9 heteroatoms. The van der Waals surface area contributed by atoms with Crippen molar-refractivity contribution in [1.82, 2.24) is 14.4 Å². The molecule has 3 amide bonds. The second-order valence-corrected chi connectivity index (χ2v) is 9.97. The van der Waals surface area contributed by atoms with Gasteiger partial charge in [0.1, 0.15) is 22.0 Å². The molecule has 8 nitrogen and oxygen atoms in total. The number of fused-ring (bicyclic) bond motifs is 1. The minimum absolute atomic E-state index is 0.0251. The zero-order chi connectivity index (χ0) is 25.9. The van der Waals surface area contributed by atoms with E-state index in [1.54, 1.807) is 36.5 Å². The Morgan fingerprint density at radius 1 is 1.03 bits per heavy atom. The lowest BCUT2D eigenvalue weighted by molar-refractivity contribution is 0.0583. The van der Waals surface area contributed by atoms with E-state index in [0.717, 1.165) is 21.5 Å². The van der Waals surface area contributed by atoms with E-state index >= 15 is 0 Å². The summed E-state index contributed by atoms with van der Waals surface area (Å²) in [5, 5.41) is 6.04. The lowest BCUT2D eigenvalue weighted by Gasteiger charge is -2.39. The van der Waals surface area contributed by atoms with E-state index < -0.39 is 0 Å². The summed E-state index contributed by atoms with van der Waals surface area (Å²) in [6.07, 6.45) is 0. The van der Waals surface area contributed by atoms with Crippen LogP contribution >= 0.6 is 11.3 Å². The first kappa shape index (κ1) is 24.7. The molecule has 0 unspecified atom stereocenters. The molecule has 0 radical (unpaired) electrons. The average Bonchev–Trinajstić information content (AvgIpc) is 3.51. The molecule has 1 fully saturated rings. The van der Waals surface area contributed by atoms with Gasteiger partial charge in [-0.3, -0.25) is 4.79 Å². The molecule has 2 aromatic heterocycles. The van der Waals surface area contributed by atoms with Gasteiger partial charge in [0.25, 0.3) is 5.91 Å². The highest BCUT2D eigenvalue weighted by Gasteiger charge is 2.32. The summed E-state index contributed by atoms with van der Waals surface area (Å²) < 4.78 is 12.8. The van der Waals surface area contributed by atoms with Crippen LogP contribution in [0.5, 0.6) is 11.5 Å². The van der Waals surface area contributed by atoms with Gasteiger partial charge in [-0.05, 0) is 54.3 Å². The van der Waals surface area contributed by atoms with Gasteiger partial charge in [0.15, 0.2) is 0 Å². The number of benzene rings is 2. The molecule has 1 aliphatic heterocycles. The summed E-state index contributed by atoms with van der Waals surface area (Å²) in [4.78, 5) is 31.5. The van der Waals surface area contributed by atoms with Gasteiger partial charge in [0.2, 0.25) is 0 Å². The molecule has 37 heavy (non-hydrogen) atoms. The number of nitrogens with zero attached hydrogens (tertiary/aromatic N) is 3. The molecule has 1 N–H and O–H groups in total. The maximum Gasteiger partial charge on any atom is 0.322 e. The lowest BCUT2D eigenvalue weighted by Crippen LogP contribution is -2.56. The zero-order valence-corrected chi connectivity index (χ0v) is 22.0. The molecule has 0 aliphatic carbocycles. The molecule has 5 rings (SSSR count). The number of nitrogens with one attached hydrogen (secondary N) is 1. The standard InChI is InChI=1S/C28H30N4O4S/c1-19-17-30(12-13-31(19)28(34)29-23-9-4-5-10-25(23)36-3)26(33)24-16-21-11-14-37-27(21)32(24)18-20-7-6-8-22(15-20)35-2/h4-11,14-16,19H,12-13,17-18H2,1-3H3,(H,29,34)/t19-/m1/s1. The third kappa shape index (κ3) is 4.99. The number of para-hydroxylation sites is 2. The van der Waals surface area contributed by atoms with E-state index in [-0.39, 0.29) is 18.0 Å². The Labute approximate surface area is 220 Å². The van der Waals surface area contributed by atoms with Gasteiger partial charge in [-0.2, -0.15) is 0 Å². The highest BCUT2D eigenvalue weighted by atomic mass is 32.1. The maximum absolute atomic E-state index is 13.7. The quantitative estimate of drug-likeness (QED) is 0.383. The molecule has 0 spiro atoms. The minimum Gasteiger partial charge on any atom is -0.497 e. The third-order valence-corrected chi connectivity index (χ3v) is 7.67. The fourth-order valence-corrected chi connectivity index (χ4v) is 5.70. The van der Waals surface area contributed by atoms with Crippen LogP contribution in [0.25, 0.3) is 10.2 Å². The Hall–Kier alpha value is -3.98. The summed E-state index contributed by atoms with van der Waals surface area (Å²) in [5.74, 6) is 1.37. The van der Waals surface area contributed by atoms with Crippen LogP contribution in [0.2, 0.25) is 0 Å². The molecular weight excluding hydrogens is 488 g/mol. The van der Waals surface area contributed by atoms with Crippen molar-refractivity contribution in [1.29, 1.82) is 0 Å². The number of carbonyl (C=O) groups excluding carboxylic acids is 2. The first-order valence-corrected chi connectivity index (χ1v) is 13.1. The van der Waals surface area contributed by atoms with Crippen molar-refractivity contribution in [3.05, 3.63) is 77.3 Å². The predicted molar refractivity (Wildman–Crippen MR) is 146 cm³/mol. The van der Waals surface area contributed by atoms with E-state index in [1.165, 1.54) is 0 Å². The van der Waals surface area contributed by atoms with Crippen LogP contribution < -0.4 is 14.8 Å². The molecule has 4 aromatic rings. The lowest BCUT2D eigenvalue weighted by atomic mass is 10.1. The summed E-state index contributed by atoms with van der Waals surface area (Å²) in [6.45, 7) is 3.89. The molecule has 1 atom stereocenters. The number of ether oxygens (including phenoxy) is 2. The fourth-order valence-electron chi connectivity index (χ4n) is 4.80. The van der Waals surface area contributed by atoms with Gasteiger partial charge in [-0.25, -0.2) is 4.79 Å². The van der Waals surface area contributed by atoms with E-state index in [0.29, 0.717) is 43.3 Å². The molecule has 1 aliphatic rings. The zero-order valence-electron chi connectivity index (χ0n) is 21.1. The number of carbonyl (C=O) groups is 2. The second-order valence-electron chi connectivity index (χ2n) is 9.07. The van der Waals surface area contributed by atoms with E-state index in [2.05, 4.69) is 9.88 Å². The minimum atomic E-state index is -0.203. The van der Waals surface area contributed by atoms with Crippen molar-refractivity contribution in [2.75, 3.05) is 39.2 Å². The van der Waals surface area contributed by atoms with Crippen molar-refractivity contribution in [2.24, 2.45) is 0 Å². The van der Waals surface area contributed by atoms with Crippen molar-refractivity contribution in [3.8, 4) is 11.5 Å². The van der Waals surface area contributed by atoms with Crippen LogP contribution in [0.4, 0.5) is 10.5 Å². The number of hydrogen-bond acceptors (Lipinski definition) is 5. The largest absolute Gasteiger partial charge is 0.497 e. The monoisotopic (exact) mass is 518 g/mol. The second kappa shape index (κ2) is 10.6. The molecule has 0 saturated carbocycles. The van der Waals surface area contributed by atoms with Crippen molar-refractivity contribution in [3.63, 3.8) is 0 Å². The Morgan fingerprint density at radius 2 is 1.86 bits per heavy atom. The van der Waals surface area contributed by atoms with Gasteiger partial charge in [0, 0.05) is 37.6 Å². The van der Waals surface area contributed by atoms with Gasteiger partial charge < -0.3 is 29.2 Å². The Bertz CT molecular complexity index is 1430. The molecule has 1 saturated heterocycles. The van der Waals surface area contributed by atoms with Crippen LogP contribution in [0.1, 0.15) is 23.0 Å². The van der Waals surface area contributed by atoms with E-state index in [4.69, 9.17) is 9.47 Å². The van der Waals surface area contributed by atoms with Gasteiger partial charge in [-0.15, -0.1) is 11.3 Å². The summed E-state index contributed by atoms with van der Waals surface area (Å²) in [6, 6.07) is 18.9. The van der Waals surface area contributed by atoms with Crippen molar-refractivity contribution < 1.29 is 19.1 Å². The van der Waals surface area contributed by atoms with Crippen molar-refractivity contribution >= 4 is 39.2 Å². The van der Waals surface area contributed by atoms with Crippen LogP contribution in [-0.2, 0) is 6.54 Å². The third-order valence-electron chi connectivity index (χ3n) is 6.72. The molecule has 192 valence electrons. The number of hydrogen-bond donors (Lipinski definition) is 1. The SMILES string of the molecule is COc1cccc(Cn2c(C(=O)N3CCN(C(=O)Nc4ccccc4OC)[C@H](C)C3)cc3ccsc32)c1. The number of aromatic nitrogens is 1. The number of methoxy groups -OCH3 is 2. The van der Waals surface area contributed by atoms with Gasteiger partial charge in [0.05, 0.1) is 19.9 Å². The van der Waals surface area contributed by atoms with Crippen LogP contribution in [0, 0.1) is 0 Å². The van der Waals surface area contributed by atoms with Gasteiger partial charge >= 0.3 is 6.03 Å². The number of amides is 3. The fraction of sp³-hybridized carbons (Fsp3) is 0.286. The predicted octanol–water partition coefficient (Wildman–Crippen LogP) is 5.15. The van der Waals surface area contributed by atoms with Crippen LogP contribution in [-0.4, -0.2) is 66.2 Å². The normalized spacial score (nSPS) is 15.6. The van der Waals surface area contributed by atoms with Gasteiger partial charge in [-0.1, -0.05) is 24.3 Å². The molecule has 2 aromatic carbocycles. The Morgan fingerprint density at radius 3 is 2.65 bits per heavy atom. The first-order valence-electron chi connectivity index (χ1n) is 12.2. The molecule has 3 heterocycles. The Kier molecular flexibility index (Phi) is 7.05. The Balaban J connectivity index is 1.32. The van der Waals surface area contributed by atoms with Crippen molar-refractivity contribution in [2.45, 2.75) is 19.5 Å². The topological polar surface area (TPSA) is 76.0 Å².